The van der Waals surface area contributed by atoms with E-state index < -0.39 is 0 Å². The Morgan fingerprint density at radius 2 is 1.88 bits per heavy atom. The summed E-state index contributed by atoms with van der Waals surface area (Å²) in [4.78, 5) is 12.1. The molecule has 17 heavy (non-hydrogen) atoms. The van der Waals surface area contributed by atoms with Crippen LogP contribution in [0, 0.1) is 0 Å². The molecule has 0 fully saturated rings. The monoisotopic (exact) mass is 248 g/mol. The summed E-state index contributed by atoms with van der Waals surface area (Å²) in [5, 5.41) is 0.693. The normalized spacial score (nSPS) is 23.6. The third kappa shape index (κ3) is 1.87. The molecule has 1 aromatic carbocycles. The number of hydrogen-bond donors (Lipinski definition) is 0. The molecular formula is C14H13ClO2. The minimum atomic E-state index is -0.196. The highest BCUT2D eigenvalue weighted by atomic mass is 35.5. The standard InChI is InChI=1S/C14H13ClO2/c15-11-4-1-9(2-5-11)13-12(16)6-3-10-7-8-17-14(10)13/h1-2,4-5,13H,3,6-8H2. The highest BCUT2D eigenvalue weighted by molar-refractivity contribution is 6.30. The van der Waals surface area contributed by atoms with Gasteiger partial charge in [-0.15, -0.1) is 0 Å². The van der Waals surface area contributed by atoms with Crippen LogP contribution in [0.2, 0.25) is 5.02 Å². The molecule has 0 aromatic heterocycles. The summed E-state index contributed by atoms with van der Waals surface area (Å²) in [6.45, 7) is 0.724. The Kier molecular flexibility index (Phi) is 2.67. The first-order valence-corrected chi connectivity index (χ1v) is 6.26. The van der Waals surface area contributed by atoms with E-state index in [2.05, 4.69) is 0 Å². The number of ketones is 1. The second kappa shape index (κ2) is 4.19. The van der Waals surface area contributed by atoms with Gasteiger partial charge in [-0.2, -0.15) is 0 Å². The largest absolute Gasteiger partial charge is 0.497 e. The van der Waals surface area contributed by atoms with Crippen LogP contribution in [-0.4, -0.2) is 12.4 Å². The third-order valence-corrected chi connectivity index (χ3v) is 3.72. The van der Waals surface area contributed by atoms with Gasteiger partial charge in [0.1, 0.15) is 17.5 Å². The molecule has 0 amide bonds. The van der Waals surface area contributed by atoms with E-state index in [1.54, 1.807) is 0 Å². The molecule has 0 spiro atoms. The predicted molar refractivity (Wildman–Crippen MR) is 66.0 cm³/mol. The predicted octanol–water partition coefficient (Wildman–Crippen LogP) is 3.46. The summed E-state index contributed by atoms with van der Waals surface area (Å²) >= 11 is 5.87. The van der Waals surface area contributed by atoms with Crippen LogP contribution in [0.25, 0.3) is 0 Å². The molecule has 1 aliphatic carbocycles. The lowest BCUT2D eigenvalue weighted by Gasteiger charge is -2.22. The Morgan fingerprint density at radius 3 is 2.65 bits per heavy atom. The zero-order chi connectivity index (χ0) is 11.8. The first-order chi connectivity index (χ1) is 8.25. The van der Waals surface area contributed by atoms with Crippen molar-refractivity contribution in [1.29, 1.82) is 0 Å². The molecule has 1 unspecified atom stereocenters. The molecule has 3 rings (SSSR count). The SMILES string of the molecule is O=C1CCC2=C(OCC2)C1c1ccc(Cl)cc1. The molecule has 1 heterocycles. The van der Waals surface area contributed by atoms with Gasteiger partial charge in [-0.1, -0.05) is 23.7 Å². The van der Waals surface area contributed by atoms with Crippen LogP contribution in [0.3, 0.4) is 0 Å². The molecule has 2 nitrogen and oxygen atoms in total. The number of hydrogen-bond acceptors (Lipinski definition) is 2. The highest BCUT2D eigenvalue weighted by Gasteiger charge is 2.35. The van der Waals surface area contributed by atoms with Gasteiger partial charge in [-0.3, -0.25) is 4.79 Å². The van der Waals surface area contributed by atoms with Gasteiger partial charge in [-0.05, 0) is 29.7 Å². The van der Waals surface area contributed by atoms with Gasteiger partial charge in [0.2, 0.25) is 0 Å². The summed E-state index contributed by atoms with van der Waals surface area (Å²) in [7, 11) is 0. The maximum Gasteiger partial charge on any atom is 0.148 e. The van der Waals surface area contributed by atoms with E-state index >= 15 is 0 Å². The Bertz CT molecular complexity index is 487. The van der Waals surface area contributed by atoms with Gasteiger partial charge in [0.05, 0.1) is 6.61 Å². The fraction of sp³-hybridized carbons (Fsp3) is 0.357. The summed E-state index contributed by atoms with van der Waals surface area (Å²) in [5.74, 6) is 0.968. The van der Waals surface area contributed by atoms with Gasteiger partial charge >= 0.3 is 0 Å². The molecule has 1 aliphatic heterocycles. The van der Waals surface area contributed by atoms with Crippen LogP contribution in [-0.2, 0) is 9.53 Å². The molecule has 0 saturated heterocycles. The van der Waals surface area contributed by atoms with Crippen molar-refractivity contribution in [2.45, 2.75) is 25.2 Å². The van der Waals surface area contributed by atoms with Gasteiger partial charge in [-0.25, -0.2) is 0 Å². The number of Topliss-reactive ketones (excluding diaryl/α,β-unsaturated/α-hetero) is 1. The topological polar surface area (TPSA) is 26.3 Å². The van der Waals surface area contributed by atoms with E-state index in [1.165, 1.54) is 5.57 Å². The van der Waals surface area contributed by atoms with Crippen LogP contribution in [0.4, 0.5) is 0 Å². The molecule has 0 saturated carbocycles. The van der Waals surface area contributed by atoms with Crippen LogP contribution in [0.15, 0.2) is 35.6 Å². The Morgan fingerprint density at radius 1 is 1.12 bits per heavy atom. The molecule has 0 radical (unpaired) electrons. The maximum absolute atomic E-state index is 12.1. The molecule has 3 heteroatoms. The van der Waals surface area contributed by atoms with Gasteiger partial charge in [0, 0.05) is 17.9 Å². The summed E-state index contributed by atoms with van der Waals surface area (Å²) in [6.07, 6.45) is 2.49. The first-order valence-electron chi connectivity index (χ1n) is 5.88. The summed E-state index contributed by atoms with van der Waals surface area (Å²) < 4.78 is 5.65. The van der Waals surface area contributed by atoms with Crippen molar-refractivity contribution < 1.29 is 9.53 Å². The van der Waals surface area contributed by atoms with Crippen molar-refractivity contribution in [1.82, 2.24) is 0 Å². The lowest BCUT2D eigenvalue weighted by Crippen LogP contribution is -2.20. The third-order valence-electron chi connectivity index (χ3n) is 3.47. The molecule has 1 atom stereocenters. The lowest BCUT2D eigenvalue weighted by atomic mass is 9.83. The number of benzene rings is 1. The minimum Gasteiger partial charge on any atom is -0.497 e. The average Bonchev–Trinajstić information content (AvgIpc) is 2.79. The smallest absolute Gasteiger partial charge is 0.148 e. The van der Waals surface area contributed by atoms with Gasteiger partial charge < -0.3 is 4.74 Å². The van der Waals surface area contributed by atoms with Crippen LogP contribution in [0.5, 0.6) is 0 Å². The van der Waals surface area contributed by atoms with Crippen molar-refractivity contribution in [3.63, 3.8) is 0 Å². The molecule has 2 aliphatic rings. The maximum atomic E-state index is 12.1. The molecule has 88 valence electrons. The van der Waals surface area contributed by atoms with Gasteiger partial charge in [0.15, 0.2) is 0 Å². The fourth-order valence-corrected chi connectivity index (χ4v) is 2.73. The number of carbonyl (C=O) groups is 1. The second-order valence-electron chi connectivity index (χ2n) is 4.52. The van der Waals surface area contributed by atoms with Crippen LogP contribution in [0.1, 0.15) is 30.7 Å². The van der Waals surface area contributed by atoms with Crippen molar-refractivity contribution in [3.05, 3.63) is 46.2 Å². The van der Waals surface area contributed by atoms with E-state index in [9.17, 15) is 4.79 Å². The van der Waals surface area contributed by atoms with E-state index in [1.807, 2.05) is 24.3 Å². The van der Waals surface area contributed by atoms with E-state index in [0.29, 0.717) is 11.4 Å². The molecular weight excluding hydrogens is 236 g/mol. The summed E-state index contributed by atoms with van der Waals surface area (Å²) in [6, 6.07) is 7.49. The van der Waals surface area contributed by atoms with Crippen LogP contribution < -0.4 is 0 Å². The second-order valence-corrected chi connectivity index (χ2v) is 4.95. The lowest BCUT2D eigenvalue weighted by molar-refractivity contribution is -0.120. The number of carbonyl (C=O) groups excluding carboxylic acids is 1. The van der Waals surface area contributed by atoms with Crippen molar-refractivity contribution in [2.75, 3.05) is 6.61 Å². The van der Waals surface area contributed by atoms with E-state index in [-0.39, 0.29) is 11.7 Å². The average molecular weight is 249 g/mol. The molecule has 0 N–H and O–H groups in total. The first kappa shape index (κ1) is 10.8. The summed E-state index contributed by atoms with van der Waals surface area (Å²) in [5.41, 5.74) is 2.32. The Balaban J connectivity index is 2.02. The molecule has 0 bridgehead atoms. The van der Waals surface area contributed by atoms with Crippen molar-refractivity contribution in [3.8, 4) is 0 Å². The highest BCUT2D eigenvalue weighted by Crippen LogP contribution is 2.40. The number of ether oxygens (including phenoxy) is 1. The van der Waals surface area contributed by atoms with Gasteiger partial charge in [0.25, 0.3) is 0 Å². The van der Waals surface area contributed by atoms with E-state index in [4.69, 9.17) is 16.3 Å². The fourth-order valence-electron chi connectivity index (χ4n) is 2.60. The number of allylic oxidation sites excluding steroid dienone is 1. The number of halogens is 1. The quantitative estimate of drug-likeness (QED) is 0.761. The zero-order valence-electron chi connectivity index (χ0n) is 9.41. The Labute approximate surface area is 105 Å². The van der Waals surface area contributed by atoms with Crippen LogP contribution >= 0.6 is 11.6 Å². The number of rotatable bonds is 1. The zero-order valence-corrected chi connectivity index (χ0v) is 10.2. The van der Waals surface area contributed by atoms with E-state index in [0.717, 1.165) is 30.8 Å². The molecule has 1 aromatic rings. The van der Waals surface area contributed by atoms with Crippen molar-refractivity contribution in [2.24, 2.45) is 0 Å². The minimum absolute atomic E-state index is 0.196. The Hall–Kier alpha value is -1.28. The van der Waals surface area contributed by atoms with Crippen molar-refractivity contribution >= 4 is 17.4 Å².